The lowest BCUT2D eigenvalue weighted by Gasteiger charge is -2.37. The molecule has 0 aromatic rings. The third-order valence-electron chi connectivity index (χ3n) is 3.81. The largest absolute Gasteiger partial charge is 0.549 e. The van der Waals surface area contributed by atoms with Gasteiger partial charge in [0.05, 0.1) is 5.97 Å². The summed E-state index contributed by atoms with van der Waals surface area (Å²) < 4.78 is 5.37. The molecule has 2 rings (SSSR count). The van der Waals surface area contributed by atoms with Gasteiger partial charge in [0.1, 0.15) is 5.60 Å². The molecule has 1 atom stereocenters. The summed E-state index contributed by atoms with van der Waals surface area (Å²) >= 11 is 0. The van der Waals surface area contributed by atoms with Gasteiger partial charge in [-0.15, -0.1) is 0 Å². The first-order valence-corrected chi connectivity index (χ1v) is 7.21. The third kappa shape index (κ3) is 3.46. The summed E-state index contributed by atoms with van der Waals surface area (Å²) in [4.78, 5) is 25.0. The van der Waals surface area contributed by atoms with Crippen molar-refractivity contribution in [2.75, 3.05) is 13.1 Å². The van der Waals surface area contributed by atoms with Crippen molar-refractivity contribution >= 4 is 12.1 Å². The van der Waals surface area contributed by atoms with Crippen LogP contribution in [0, 0.1) is 5.41 Å². The van der Waals surface area contributed by atoms with Crippen LogP contribution in [0.25, 0.3) is 0 Å². The van der Waals surface area contributed by atoms with Gasteiger partial charge >= 0.3 is 6.09 Å². The number of piperidine rings is 1. The van der Waals surface area contributed by atoms with E-state index in [1.165, 1.54) is 0 Å². The van der Waals surface area contributed by atoms with Crippen LogP contribution in [0.4, 0.5) is 4.79 Å². The number of ether oxygens (including phenoxy) is 1. The third-order valence-corrected chi connectivity index (χ3v) is 3.81. The Labute approximate surface area is 125 Å². The summed E-state index contributed by atoms with van der Waals surface area (Å²) in [7, 11) is 0. The minimum absolute atomic E-state index is 0.358. The number of aliphatic carboxylic acids is 1. The molecule has 0 spiro atoms. The van der Waals surface area contributed by atoms with Crippen LogP contribution in [0.3, 0.4) is 0 Å². The second kappa shape index (κ2) is 5.20. The van der Waals surface area contributed by atoms with Crippen LogP contribution in [0.15, 0.2) is 23.3 Å². The molecule has 0 aromatic carbocycles. The summed E-state index contributed by atoms with van der Waals surface area (Å²) in [6, 6.07) is 0. The number of amides is 1. The normalized spacial score (nSPS) is 25.6. The van der Waals surface area contributed by atoms with Gasteiger partial charge in [-0.2, -0.15) is 0 Å². The molecule has 116 valence electrons. The van der Waals surface area contributed by atoms with E-state index in [-0.39, 0.29) is 6.09 Å². The summed E-state index contributed by atoms with van der Waals surface area (Å²) in [5.74, 6) is -1.08. The SMILES string of the molecule is CC(C)(C)OC(=O)N1CCC2=CCC(C)(C(=O)[O-])C=C2C1. The van der Waals surface area contributed by atoms with Crippen molar-refractivity contribution in [3.63, 3.8) is 0 Å². The van der Waals surface area contributed by atoms with Crippen LogP contribution in [0.1, 0.15) is 40.5 Å². The summed E-state index contributed by atoms with van der Waals surface area (Å²) in [6.07, 6.45) is 4.50. The number of carbonyl (C=O) groups excluding carboxylic acids is 2. The van der Waals surface area contributed by atoms with Gasteiger partial charge in [0.25, 0.3) is 0 Å². The quantitative estimate of drug-likeness (QED) is 0.736. The van der Waals surface area contributed by atoms with Crippen molar-refractivity contribution in [3.05, 3.63) is 23.3 Å². The Morgan fingerprint density at radius 1 is 1.33 bits per heavy atom. The molecule has 1 amide bonds. The lowest BCUT2D eigenvalue weighted by atomic mass is 9.77. The number of hydrogen-bond acceptors (Lipinski definition) is 4. The number of allylic oxidation sites excluding steroid dienone is 1. The Bertz CT molecular complexity index is 527. The first kappa shape index (κ1) is 15.6. The van der Waals surface area contributed by atoms with E-state index in [4.69, 9.17) is 4.74 Å². The summed E-state index contributed by atoms with van der Waals surface area (Å²) in [6.45, 7) is 8.12. The zero-order chi connectivity index (χ0) is 15.8. The standard InChI is InChI=1S/C16H23NO4/c1-15(2,3)21-14(20)17-8-6-11-5-7-16(4,13(18)19)9-12(11)10-17/h5,9H,6-8,10H2,1-4H3,(H,18,19)/p-1. The Morgan fingerprint density at radius 2 is 2.00 bits per heavy atom. The predicted octanol–water partition coefficient (Wildman–Crippen LogP) is 1.64. The van der Waals surface area contributed by atoms with E-state index in [1.807, 2.05) is 26.8 Å². The van der Waals surface area contributed by atoms with Gasteiger partial charge in [-0.3, -0.25) is 0 Å². The van der Waals surface area contributed by atoms with Gasteiger partial charge < -0.3 is 19.5 Å². The number of carboxylic acid groups (broad SMARTS) is 1. The van der Waals surface area contributed by atoms with Crippen molar-refractivity contribution in [1.29, 1.82) is 0 Å². The molecule has 21 heavy (non-hydrogen) atoms. The predicted molar refractivity (Wildman–Crippen MR) is 76.3 cm³/mol. The lowest BCUT2D eigenvalue weighted by molar-refractivity contribution is -0.315. The van der Waals surface area contributed by atoms with Gasteiger partial charge in [-0.1, -0.05) is 19.1 Å². The number of rotatable bonds is 1. The average Bonchev–Trinajstić information content (AvgIpc) is 2.35. The van der Waals surface area contributed by atoms with E-state index in [0.29, 0.717) is 19.5 Å². The van der Waals surface area contributed by atoms with Gasteiger partial charge in [0.2, 0.25) is 0 Å². The fourth-order valence-corrected chi connectivity index (χ4v) is 2.58. The highest BCUT2D eigenvalue weighted by atomic mass is 16.6. The average molecular weight is 292 g/mol. The van der Waals surface area contributed by atoms with Gasteiger partial charge in [-0.05, 0) is 44.8 Å². The Hall–Kier alpha value is -1.78. The van der Waals surface area contributed by atoms with Crippen molar-refractivity contribution in [2.24, 2.45) is 5.41 Å². The van der Waals surface area contributed by atoms with E-state index in [0.717, 1.165) is 17.6 Å². The van der Waals surface area contributed by atoms with E-state index < -0.39 is 17.0 Å². The molecule has 5 nitrogen and oxygen atoms in total. The van der Waals surface area contributed by atoms with Crippen molar-refractivity contribution in [3.8, 4) is 0 Å². The lowest BCUT2D eigenvalue weighted by Crippen LogP contribution is -2.44. The smallest absolute Gasteiger partial charge is 0.410 e. The molecule has 2 aliphatic rings. The molecule has 1 fully saturated rings. The maximum absolute atomic E-state index is 12.1. The molecule has 1 aliphatic carbocycles. The maximum Gasteiger partial charge on any atom is 0.410 e. The fourth-order valence-electron chi connectivity index (χ4n) is 2.58. The second-order valence-corrected chi connectivity index (χ2v) is 6.96. The number of hydrogen-bond donors (Lipinski definition) is 0. The number of likely N-dealkylation sites (tertiary alicyclic amines) is 1. The zero-order valence-electron chi connectivity index (χ0n) is 13.1. The van der Waals surface area contributed by atoms with Crippen molar-refractivity contribution in [1.82, 2.24) is 4.90 Å². The highest BCUT2D eigenvalue weighted by Gasteiger charge is 2.32. The van der Waals surface area contributed by atoms with Crippen LogP contribution >= 0.6 is 0 Å². The van der Waals surface area contributed by atoms with Gasteiger partial charge in [0, 0.05) is 18.5 Å². The summed E-state index contributed by atoms with van der Waals surface area (Å²) in [5.41, 5.74) is 0.502. The van der Waals surface area contributed by atoms with Crippen LogP contribution in [-0.2, 0) is 9.53 Å². The van der Waals surface area contributed by atoms with E-state index >= 15 is 0 Å². The molecule has 1 saturated heterocycles. The molecule has 1 heterocycles. The van der Waals surface area contributed by atoms with Gasteiger partial charge in [0.15, 0.2) is 0 Å². The van der Waals surface area contributed by atoms with Crippen molar-refractivity contribution in [2.45, 2.75) is 46.1 Å². The monoisotopic (exact) mass is 292 g/mol. The molecular weight excluding hydrogens is 270 g/mol. The van der Waals surface area contributed by atoms with Crippen LogP contribution in [0.2, 0.25) is 0 Å². The highest BCUT2D eigenvalue weighted by molar-refractivity contribution is 5.76. The molecule has 1 aliphatic heterocycles. The number of carboxylic acids is 1. The highest BCUT2D eigenvalue weighted by Crippen LogP contribution is 2.36. The Morgan fingerprint density at radius 3 is 2.57 bits per heavy atom. The second-order valence-electron chi connectivity index (χ2n) is 6.96. The minimum atomic E-state index is -1.08. The van der Waals surface area contributed by atoms with E-state index in [2.05, 4.69) is 0 Å². The first-order valence-electron chi connectivity index (χ1n) is 7.21. The topological polar surface area (TPSA) is 69.7 Å². The van der Waals surface area contributed by atoms with Crippen molar-refractivity contribution < 1.29 is 19.4 Å². The molecular formula is C16H22NO4-. The molecule has 0 bridgehead atoms. The molecule has 5 heteroatoms. The number of carbonyl (C=O) groups is 2. The molecule has 0 radical (unpaired) electrons. The first-order chi connectivity index (χ1) is 9.61. The molecule has 0 N–H and O–H groups in total. The maximum atomic E-state index is 12.1. The van der Waals surface area contributed by atoms with Crippen LogP contribution < -0.4 is 5.11 Å². The fraction of sp³-hybridized carbons (Fsp3) is 0.625. The molecule has 0 aromatic heterocycles. The zero-order valence-corrected chi connectivity index (χ0v) is 13.1. The molecule has 1 unspecified atom stereocenters. The Balaban J connectivity index is 2.14. The molecule has 0 saturated carbocycles. The van der Waals surface area contributed by atoms with E-state index in [9.17, 15) is 14.7 Å². The van der Waals surface area contributed by atoms with Gasteiger partial charge in [-0.25, -0.2) is 4.79 Å². The number of nitrogens with zero attached hydrogens (tertiary/aromatic N) is 1. The van der Waals surface area contributed by atoms with E-state index in [1.54, 1.807) is 17.9 Å². The Kier molecular flexibility index (Phi) is 3.87. The van der Waals surface area contributed by atoms with Crippen LogP contribution in [0.5, 0.6) is 0 Å². The summed E-state index contributed by atoms with van der Waals surface area (Å²) in [5, 5.41) is 11.3. The van der Waals surface area contributed by atoms with Crippen LogP contribution in [-0.4, -0.2) is 35.7 Å². The number of fused-ring (bicyclic) bond motifs is 1. The minimum Gasteiger partial charge on any atom is -0.549 e.